The minimum atomic E-state index is -0.556. The van der Waals surface area contributed by atoms with Crippen LogP contribution in [0.1, 0.15) is 44.9 Å². The van der Waals surface area contributed by atoms with Crippen molar-refractivity contribution < 1.29 is 9.53 Å². The van der Waals surface area contributed by atoms with Crippen LogP contribution in [0.4, 0.5) is 4.79 Å². The number of ether oxygens (including phenoxy) is 1. The number of hydrogen-bond donors (Lipinski definition) is 2. The molecule has 6 nitrogen and oxygen atoms in total. The molecule has 1 atom stereocenters. The Morgan fingerprint density at radius 1 is 1.61 bits per heavy atom. The Balaban J connectivity index is 2.70. The summed E-state index contributed by atoms with van der Waals surface area (Å²) in [7, 11) is 0. The minimum Gasteiger partial charge on any atom is -0.444 e. The van der Waals surface area contributed by atoms with Crippen molar-refractivity contribution in [1.82, 2.24) is 20.5 Å². The molecule has 0 saturated carbocycles. The highest BCUT2D eigenvalue weighted by atomic mass is 16.6. The molecule has 18 heavy (non-hydrogen) atoms. The second-order valence-corrected chi connectivity index (χ2v) is 4.89. The molecule has 98 valence electrons. The molecule has 0 aliphatic heterocycles. The first-order valence-electron chi connectivity index (χ1n) is 5.63. The van der Waals surface area contributed by atoms with E-state index in [0.29, 0.717) is 18.1 Å². The number of nitrogens with zero attached hydrogens (tertiary/aromatic N) is 2. The second kappa shape index (κ2) is 5.54. The van der Waals surface area contributed by atoms with E-state index in [1.54, 1.807) is 27.7 Å². The van der Waals surface area contributed by atoms with Crippen LogP contribution in [0.2, 0.25) is 0 Å². The van der Waals surface area contributed by atoms with E-state index in [9.17, 15) is 4.79 Å². The summed E-state index contributed by atoms with van der Waals surface area (Å²) in [6.45, 7) is 7.15. The third kappa shape index (κ3) is 4.45. The lowest BCUT2D eigenvalue weighted by Crippen LogP contribution is -2.35. The van der Waals surface area contributed by atoms with Crippen molar-refractivity contribution >= 4 is 6.09 Å². The minimum absolute atomic E-state index is 0.302. The first-order valence-corrected chi connectivity index (χ1v) is 5.63. The summed E-state index contributed by atoms with van der Waals surface area (Å²) in [4.78, 5) is 15.8. The highest BCUT2D eigenvalue weighted by Gasteiger charge is 2.22. The van der Waals surface area contributed by atoms with Crippen LogP contribution >= 0.6 is 0 Å². The zero-order valence-electron chi connectivity index (χ0n) is 11.1. The number of rotatable bonds is 3. The molecule has 1 rings (SSSR count). The van der Waals surface area contributed by atoms with Gasteiger partial charge in [0, 0.05) is 6.42 Å². The summed E-state index contributed by atoms with van der Waals surface area (Å²) in [5.41, 5.74) is -0.556. The van der Waals surface area contributed by atoms with Gasteiger partial charge in [-0.1, -0.05) is 0 Å². The second-order valence-electron chi connectivity index (χ2n) is 4.89. The number of alkyl carbamates (subject to hydrolysis) is 1. The van der Waals surface area contributed by atoms with Crippen molar-refractivity contribution in [2.75, 3.05) is 0 Å². The Bertz CT molecular complexity index is 453. The molecule has 6 heteroatoms. The maximum atomic E-state index is 11.7. The van der Waals surface area contributed by atoms with Crippen molar-refractivity contribution in [2.45, 2.75) is 45.8 Å². The molecular weight excluding hydrogens is 232 g/mol. The SMILES string of the molecule is C#CC[C@H](NC(=O)OC(C)(C)C)c1n[nH]c(C)n1. The van der Waals surface area contributed by atoms with Gasteiger partial charge in [-0.05, 0) is 27.7 Å². The van der Waals surface area contributed by atoms with Gasteiger partial charge in [0.15, 0.2) is 5.82 Å². The average molecular weight is 250 g/mol. The Morgan fingerprint density at radius 3 is 2.72 bits per heavy atom. The van der Waals surface area contributed by atoms with E-state index < -0.39 is 17.7 Å². The molecule has 0 aliphatic carbocycles. The number of aromatic amines is 1. The highest BCUT2D eigenvalue weighted by Crippen LogP contribution is 2.13. The van der Waals surface area contributed by atoms with Gasteiger partial charge in [-0.2, -0.15) is 5.10 Å². The monoisotopic (exact) mass is 250 g/mol. The smallest absolute Gasteiger partial charge is 0.408 e. The molecule has 1 aromatic heterocycles. The van der Waals surface area contributed by atoms with Crippen LogP contribution in [-0.2, 0) is 4.74 Å². The standard InChI is InChI=1S/C12H18N4O2/c1-6-7-9(10-13-8(2)15-16-10)14-11(17)18-12(3,4)5/h1,9H,7H2,2-5H3,(H,14,17)(H,13,15,16)/t9-/m0/s1. The Kier molecular flexibility index (Phi) is 4.32. The molecule has 0 bridgehead atoms. The first-order chi connectivity index (χ1) is 8.31. The summed E-state index contributed by atoms with van der Waals surface area (Å²) in [6, 6.07) is -0.449. The van der Waals surface area contributed by atoms with Crippen molar-refractivity contribution in [1.29, 1.82) is 0 Å². The highest BCUT2D eigenvalue weighted by molar-refractivity contribution is 5.68. The van der Waals surface area contributed by atoms with E-state index >= 15 is 0 Å². The number of amides is 1. The number of carbonyl (C=O) groups is 1. The normalized spacial score (nSPS) is 12.6. The quantitative estimate of drug-likeness (QED) is 0.800. The predicted octanol–water partition coefficient (Wildman–Crippen LogP) is 1.70. The van der Waals surface area contributed by atoms with E-state index in [1.165, 1.54) is 0 Å². The number of aryl methyl sites for hydroxylation is 1. The molecule has 0 fully saturated rings. The maximum Gasteiger partial charge on any atom is 0.408 e. The molecule has 2 N–H and O–H groups in total. The molecule has 0 aromatic carbocycles. The number of carbonyl (C=O) groups excluding carboxylic acids is 1. The molecule has 0 saturated heterocycles. The fraction of sp³-hybridized carbons (Fsp3) is 0.583. The van der Waals surface area contributed by atoms with Gasteiger partial charge in [0.2, 0.25) is 0 Å². The molecule has 0 radical (unpaired) electrons. The topological polar surface area (TPSA) is 79.9 Å². The number of hydrogen-bond acceptors (Lipinski definition) is 4. The number of H-pyrrole nitrogens is 1. The fourth-order valence-corrected chi connectivity index (χ4v) is 1.29. The lowest BCUT2D eigenvalue weighted by Gasteiger charge is -2.21. The van der Waals surface area contributed by atoms with Gasteiger partial charge in [-0.15, -0.1) is 12.3 Å². The molecule has 1 heterocycles. The molecule has 0 spiro atoms. The summed E-state index contributed by atoms with van der Waals surface area (Å²) >= 11 is 0. The third-order valence-corrected chi connectivity index (χ3v) is 1.94. The first kappa shape index (κ1) is 14.0. The van der Waals surface area contributed by atoms with Crippen LogP contribution in [0.15, 0.2) is 0 Å². The van der Waals surface area contributed by atoms with Gasteiger partial charge < -0.3 is 10.1 Å². The van der Waals surface area contributed by atoms with Crippen molar-refractivity contribution in [3.05, 3.63) is 11.6 Å². The van der Waals surface area contributed by atoms with Crippen LogP contribution in [0.5, 0.6) is 0 Å². The summed E-state index contributed by atoms with van der Waals surface area (Å²) in [6.07, 6.45) is 5.03. The van der Waals surface area contributed by atoms with Gasteiger partial charge >= 0.3 is 6.09 Å². The zero-order valence-corrected chi connectivity index (χ0v) is 11.1. The van der Waals surface area contributed by atoms with Crippen molar-refractivity contribution in [3.8, 4) is 12.3 Å². The van der Waals surface area contributed by atoms with Crippen LogP contribution in [0.3, 0.4) is 0 Å². The van der Waals surface area contributed by atoms with Gasteiger partial charge in [0.1, 0.15) is 17.5 Å². The summed E-state index contributed by atoms with van der Waals surface area (Å²) in [5.74, 6) is 3.60. The number of terminal acetylenes is 1. The lowest BCUT2D eigenvalue weighted by atomic mass is 10.2. The van der Waals surface area contributed by atoms with Gasteiger partial charge in [-0.3, -0.25) is 5.10 Å². The van der Waals surface area contributed by atoms with Gasteiger partial charge in [0.25, 0.3) is 0 Å². The van der Waals surface area contributed by atoms with E-state index in [1.807, 2.05) is 0 Å². The van der Waals surface area contributed by atoms with E-state index in [0.717, 1.165) is 0 Å². The van der Waals surface area contributed by atoms with Crippen LogP contribution in [0.25, 0.3) is 0 Å². The van der Waals surface area contributed by atoms with Crippen LogP contribution in [0, 0.1) is 19.3 Å². The number of aromatic nitrogens is 3. The van der Waals surface area contributed by atoms with E-state index in [4.69, 9.17) is 11.2 Å². The van der Waals surface area contributed by atoms with Crippen LogP contribution in [-0.4, -0.2) is 26.9 Å². The summed E-state index contributed by atoms with van der Waals surface area (Å²) in [5, 5.41) is 9.34. The Labute approximate surface area is 107 Å². The largest absolute Gasteiger partial charge is 0.444 e. The van der Waals surface area contributed by atoms with Gasteiger partial charge in [0.05, 0.1) is 0 Å². The van der Waals surface area contributed by atoms with E-state index in [-0.39, 0.29) is 0 Å². The molecule has 1 aromatic rings. The van der Waals surface area contributed by atoms with Crippen molar-refractivity contribution in [2.24, 2.45) is 0 Å². The maximum absolute atomic E-state index is 11.7. The van der Waals surface area contributed by atoms with Crippen molar-refractivity contribution in [3.63, 3.8) is 0 Å². The lowest BCUT2D eigenvalue weighted by molar-refractivity contribution is 0.0502. The fourth-order valence-electron chi connectivity index (χ4n) is 1.29. The molecular formula is C12H18N4O2. The number of nitrogens with one attached hydrogen (secondary N) is 2. The van der Waals surface area contributed by atoms with Crippen LogP contribution < -0.4 is 5.32 Å². The Morgan fingerprint density at radius 2 is 2.28 bits per heavy atom. The molecule has 0 unspecified atom stereocenters. The zero-order chi connectivity index (χ0) is 13.8. The molecule has 1 amide bonds. The Hall–Kier alpha value is -2.03. The van der Waals surface area contributed by atoms with Gasteiger partial charge in [-0.25, -0.2) is 9.78 Å². The third-order valence-electron chi connectivity index (χ3n) is 1.94. The predicted molar refractivity (Wildman–Crippen MR) is 66.7 cm³/mol. The molecule has 0 aliphatic rings. The summed E-state index contributed by atoms with van der Waals surface area (Å²) < 4.78 is 5.16. The van der Waals surface area contributed by atoms with E-state index in [2.05, 4.69) is 26.4 Å². The average Bonchev–Trinajstić information content (AvgIpc) is 2.61.